The van der Waals surface area contributed by atoms with E-state index in [1.807, 2.05) is 0 Å². The highest BCUT2D eigenvalue weighted by molar-refractivity contribution is 5.72. The minimum atomic E-state index is -4.98. The number of rotatable bonds is 2. The first-order chi connectivity index (χ1) is 7.06. The molecule has 2 atom stereocenters. The van der Waals surface area contributed by atoms with Crippen LogP contribution in [0, 0.1) is 17.3 Å². The first kappa shape index (κ1) is 13.0. The largest absolute Gasteiger partial charge is 0.481 e. The van der Waals surface area contributed by atoms with Gasteiger partial charge >= 0.3 is 12.1 Å². The molecule has 0 heterocycles. The van der Waals surface area contributed by atoms with E-state index in [4.69, 9.17) is 5.11 Å². The highest BCUT2D eigenvalue weighted by Crippen LogP contribution is 2.53. The summed E-state index contributed by atoms with van der Waals surface area (Å²) < 4.78 is 48.4. The van der Waals surface area contributed by atoms with Crippen LogP contribution in [0.1, 0.15) is 20.3 Å². The third-order valence-electron chi connectivity index (χ3n) is 3.26. The molecule has 1 fully saturated rings. The molecule has 6 heteroatoms. The van der Waals surface area contributed by atoms with E-state index < -0.39 is 35.2 Å². The Bertz CT molecular complexity index is 330. The van der Waals surface area contributed by atoms with E-state index in [2.05, 4.69) is 0 Å². The van der Waals surface area contributed by atoms with Crippen LogP contribution in [0.2, 0.25) is 0 Å². The molecule has 1 rings (SSSR count). The zero-order valence-electron chi connectivity index (χ0n) is 8.81. The summed E-state index contributed by atoms with van der Waals surface area (Å²) in [6.07, 6.45) is -4.45. The number of aliphatic carboxylic acids is 1. The van der Waals surface area contributed by atoms with Gasteiger partial charge < -0.3 is 5.11 Å². The molecule has 0 amide bonds. The van der Waals surface area contributed by atoms with Crippen molar-refractivity contribution in [2.24, 2.45) is 17.3 Å². The summed E-state index contributed by atoms with van der Waals surface area (Å²) in [6, 6.07) is 0. The molecule has 1 saturated carbocycles. The van der Waals surface area contributed by atoms with Crippen molar-refractivity contribution in [3.8, 4) is 0 Å². The molecule has 92 valence electrons. The smallest absolute Gasteiger partial charge is 0.442 e. The predicted octanol–water partition coefficient (Wildman–Crippen LogP) is 3.15. The Morgan fingerprint density at radius 2 is 1.94 bits per heavy atom. The Morgan fingerprint density at radius 3 is 2.25 bits per heavy atom. The van der Waals surface area contributed by atoms with E-state index in [9.17, 15) is 22.4 Å². The summed E-state index contributed by atoms with van der Waals surface area (Å²) in [6.45, 7) is 3.06. The maximum atomic E-state index is 12.6. The van der Waals surface area contributed by atoms with Crippen molar-refractivity contribution in [1.82, 2.24) is 0 Å². The fourth-order valence-electron chi connectivity index (χ4n) is 1.93. The third-order valence-corrected chi connectivity index (χ3v) is 3.26. The van der Waals surface area contributed by atoms with Gasteiger partial charge in [0.05, 0.1) is 5.92 Å². The second kappa shape index (κ2) is 3.75. The SMILES string of the molecule is CC1(C)C(C=C(F)C(F)(F)F)CC1C(=O)O. The Kier molecular flexibility index (Phi) is 3.04. The van der Waals surface area contributed by atoms with Crippen molar-refractivity contribution in [1.29, 1.82) is 0 Å². The van der Waals surface area contributed by atoms with Crippen LogP contribution < -0.4 is 0 Å². The van der Waals surface area contributed by atoms with Gasteiger partial charge in [0.25, 0.3) is 0 Å². The van der Waals surface area contributed by atoms with Crippen LogP contribution in [0.3, 0.4) is 0 Å². The van der Waals surface area contributed by atoms with Crippen LogP contribution in [0.15, 0.2) is 11.9 Å². The van der Waals surface area contributed by atoms with Crippen LogP contribution >= 0.6 is 0 Å². The molecule has 0 aromatic heterocycles. The zero-order chi connectivity index (χ0) is 12.7. The van der Waals surface area contributed by atoms with Gasteiger partial charge in [0, 0.05) is 0 Å². The van der Waals surface area contributed by atoms with Crippen molar-refractivity contribution < 1.29 is 27.5 Å². The monoisotopic (exact) mass is 240 g/mol. The van der Waals surface area contributed by atoms with Gasteiger partial charge in [-0.1, -0.05) is 13.8 Å². The summed E-state index contributed by atoms with van der Waals surface area (Å²) in [5.74, 6) is -4.60. The number of hydrogen-bond donors (Lipinski definition) is 1. The second-order valence-corrected chi connectivity index (χ2v) is 4.57. The molecule has 1 aliphatic rings. The van der Waals surface area contributed by atoms with E-state index in [0.29, 0.717) is 6.08 Å². The molecule has 2 unspecified atom stereocenters. The molecule has 0 bridgehead atoms. The Balaban J connectivity index is 2.78. The Labute approximate surface area is 89.9 Å². The zero-order valence-corrected chi connectivity index (χ0v) is 8.81. The molecule has 0 aromatic rings. The lowest BCUT2D eigenvalue weighted by Gasteiger charge is -2.48. The van der Waals surface area contributed by atoms with Gasteiger partial charge in [-0.2, -0.15) is 13.2 Å². The van der Waals surface area contributed by atoms with Crippen molar-refractivity contribution >= 4 is 5.97 Å². The van der Waals surface area contributed by atoms with Crippen LogP contribution in [0.25, 0.3) is 0 Å². The fourth-order valence-corrected chi connectivity index (χ4v) is 1.93. The molecular formula is C10H12F4O2. The molecule has 16 heavy (non-hydrogen) atoms. The van der Waals surface area contributed by atoms with E-state index in [1.165, 1.54) is 13.8 Å². The van der Waals surface area contributed by atoms with Crippen LogP contribution in [-0.2, 0) is 4.79 Å². The number of allylic oxidation sites excluding steroid dienone is 2. The fraction of sp³-hybridized carbons (Fsp3) is 0.700. The van der Waals surface area contributed by atoms with Gasteiger partial charge in [-0.3, -0.25) is 4.79 Å². The van der Waals surface area contributed by atoms with Crippen molar-refractivity contribution in [2.45, 2.75) is 26.4 Å². The summed E-state index contributed by atoms with van der Waals surface area (Å²) in [5.41, 5.74) is -0.839. The van der Waals surface area contributed by atoms with Gasteiger partial charge in [-0.05, 0) is 23.8 Å². The third kappa shape index (κ3) is 2.20. The van der Waals surface area contributed by atoms with Crippen molar-refractivity contribution in [3.05, 3.63) is 11.9 Å². The van der Waals surface area contributed by atoms with Crippen molar-refractivity contribution in [2.75, 3.05) is 0 Å². The quantitative estimate of drug-likeness (QED) is 0.753. The minimum Gasteiger partial charge on any atom is -0.481 e. The van der Waals surface area contributed by atoms with Crippen LogP contribution in [0.4, 0.5) is 17.6 Å². The molecule has 2 nitrogen and oxygen atoms in total. The normalized spacial score (nSPS) is 29.8. The molecule has 0 saturated heterocycles. The number of halogens is 4. The van der Waals surface area contributed by atoms with E-state index in [0.717, 1.165) is 0 Å². The minimum absolute atomic E-state index is 0.0475. The average Bonchev–Trinajstić information content (AvgIpc) is 2.08. The Morgan fingerprint density at radius 1 is 1.44 bits per heavy atom. The predicted molar refractivity (Wildman–Crippen MR) is 48.3 cm³/mol. The summed E-state index contributed by atoms with van der Waals surface area (Å²) in [5, 5.41) is 8.74. The maximum Gasteiger partial charge on any atom is 0.442 e. The molecule has 1 aliphatic carbocycles. The molecule has 0 aliphatic heterocycles. The molecule has 0 radical (unpaired) electrons. The number of alkyl halides is 3. The lowest BCUT2D eigenvalue weighted by molar-refractivity contribution is -0.156. The summed E-state index contributed by atoms with van der Waals surface area (Å²) >= 11 is 0. The average molecular weight is 240 g/mol. The van der Waals surface area contributed by atoms with Crippen molar-refractivity contribution in [3.63, 3.8) is 0 Å². The molecule has 0 aromatic carbocycles. The molecular weight excluding hydrogens is 228 g/mol. The summed E-state index contributed by atoms with van der Waals surface area (Å²) in [7, 11) is 0. The molecule has 0 spiro atoms. The first-order valence-corrected chi connectivity index (χ1v) is 4.74. The maximum absolute atomic E-state index is 12.6. The summed E-state index contributed by atoms with van der Waals surface area (Å²) in [4.78, 5) is 10.7. The second-order valence-electron chi connectivity index (χ2n) is 4.57. The van der Waals surface area contributed by atoms with Gasteiger partial charge in [-0.25, -0.2) is 4.39 Å². The highest BCUT2D eigenvalue weighted by atomic mass is 19.4. The van der Waals surface area contributed by atoms with Gasteiger partial charge in [-0.15, -0.1) is 0 Å². The van der Waals surface area contributed by atoms with Gasteiger partial charge in [0.1, 0.15) is 0 Å². The standard InChI is InChI=1S/C10H12F4O2/c1-9(2)5(3-6(9)8(15)16)4-7(11)10(12,13)14/h4-6H,3H2,1-2H3,(H,15,16). The van der Waals surface area contributed by atoms with Crippen LogP contribution in [-0.4, -0.2) is 17.3 Å². The first-order valence-electron chi connectivity index (χ1n) is 4.74. The van der Waals surface area contributed by atoms with Gasteiger partial charge in [0.2, 0.25) is 0 Å². The Hall–Kier alpha value is -1.07. The van der Waals surface area contributed by atoms with E-state index >= 15 is 0 Å². The number of hydrogen-bond acceptors (Lipinski definition) is 1. The van der Waals surface area contributed by atoms with Crippen LogP contribution in [0.5, 0.6) is 0 Å². The van der Waals surface area contributed by atoms with E-state index in [-0.39, 0.29) is 6.42 Å². The molecule has 1 N–H and O–H groups in total. The number of carboxylic acids is 1. The number of carbonyl (C=O) groups is 1. The highest BCUT2D eigenvalue weighted by Gasteiger charge is 2.52. The lowest BCUT2D eigenvalue weighted by atomic mass is 9.54. The number of carboxylic acid groups (broad SMARTS) is 1. The lowest BCUT2D eigenvalue weighted by Crippen LogP contribution is -2.48. The van der Waals surface area contributed by atoms with Gasteiger partial charge in [0.15, 0.2) is 5.83 Å². The van der Waals surface area contributed by atoms with E-state index in [1.54, 1.807) is 0 Å². The topological polar surface area (TPSA) is 37.3 Å².